The fraction of sp³-hybridized carbons (Fsp3) is 1.00. The molecular weight excluding hydrogens is 138 g/mol. The predicted molar refractivity (Wildman–Crippen MR) is 46.5 cm³/mol. The van der Waals surface area contributed by atoms with E-state index in [1.54, 1.807) is 0 Å². The Morgan fingerprint density at radius 2 is 2.27 bits per heavy atom. The van der Waals surface area contributed by atoms with E-state index in [1.807, 2.05) is 6.92 Å². The molecule has 0 saturated heterocycles. The highest BCUT2D eigenvalue weighted by Gasteiger charge is 2.20. The Balaban J connectivity index is 2.08. The third-order valence-corrected chi connectivity index (χ3v) is 2.40. The van der Waals surface area contributed by atoms with Crippen molar-refractivity contribution in [2.75, 3.05) is 6.54 Å². The lowest BCUT2D eigenvalue weighted by Gasteiger charge is -2.13. The van der Waals surface area contributed by atoms with Crippen molar-refractivity contribution in [1.29, 1.82) is 0 Å². The highest BCUT2D eigenvalue weighted by Crippen LogP contribution is 2.24. The largest absolute Gasteiger partial charge is 0.392 e. The molecule has 2 heteroatoms. The van der Waals surface area contributed by atoms with Crippen LogP contribution in [0.3, 0.4) is 0 Å². The summed E-state index contributed by atoms with van der Waals surface area (Å²) in [4.78, 5) is 0. The van der Waals surface area contributed by atoms with Gasteiger partial charge in [-0.05, 0) is 32.1 Å². The molecule has 0 aromatic heterocycles. The fourth-order valence-corrected chi connectivity index (χ4v) is 1.73. The first kappa shape index (κ1) is 9.01. The lowest BCUT2D eigenvalue weighted by molar-refractivity contribution is 0.186. The molecule has 0 heterocycles. The Bertz CT molecular complexity index is 114. The first-order chi connectivity index (χ1) is 5.18. The molecule has 0 amide bonds. The van der Waals surface area contributed by atoms with Gasteiger partial charge in [-0.25, -0.2) is 0 Å². The van der Waals surface area contributed by atoms with Crippen LogP contribution in [0.1, 0.15) is 33.1 Å². The normalized spacial score (nSPS) is 34.1. The summed E-state index contributed by atoms with van der Waals surface area (Å²) < 4.78 is 0. The van der Waals surface area contributed by atoms with Gasteiger partial charge in [-0.15, -0.1) is 0 Å². The van der Waals surface area contributed by atoms with E-state index in [2.05, 4.69) is 12.2 Å². The second-order valence-electron chi connectivity index (χ2n) is 3.87. The summed E-state index contributed by atoms with van der Waals surface area (Å²) in [6.45, 7) is 4.87. The quantitative estimate of drug-likeness (QED) is 0.644. The van der Waals surface area contributed by atoms with Crippen LogP contribution in [-0.4, -0.2) is 23.8 Å². The van der Waals surface area contributed by atoms with E-state index in [0.717, 1.165) is 12.5 Å². The van der Waals surface area contributed by atoms with Crippen LogP contribution in [0.2, 0.25) is 0 Å². The Labute approximate surface area is 69.0 Å². The van der Waals surface area contributed by atoms with Crippen molar-refractivity contribution in [1.82, 2.24) is 5.32 Å². The SMILES string of the molecule is C[C@H]1CC[C@@H](NC[C@H](C)O)C1. The van der Waals surface area contributed by atoms with Crippen molar-refractivity contribution in [3.05, 3.63) is 0 Å². The van der Waals surface area contributed by atoms with Crippen molar-refractivity contribution in [3.63, 3.8) is 0 Å². The molecule has 0 aliphatic heterocycles. The van der Waals surface area contributed by atoms with Gasteiger partial charge in [0, 0.05) is 12.6 Å². The fourth-order valence-electron chi connectivity index (χ4n) is 1.73. The molecule has 66 valence electrons. The molecule has 0 unspecified atom stereocenters. The third-order valence-electron chi connectivity index (χ3n) is 2.40. The second-order valence-corrected chi connectivity index (χ2v) is 3.87. The zero-order valence-electron chi connectivity index (χ0n) is 7.51. The first-order valence-electron chi connectivity index (χ1n) is 4.60. The van der Waals surface area contributed by atoms with Gasteiger partial charge >= 0.3 is 0 Å². The highest BCUT2D eigenvalue weighted by atomic mass is 16.3. The Kier molecular flexibility index (Phi) is 3.34. The van der Waals surface area contributed by atoms with Gasteiger partial charge in [-0.2, -0.15) is 0 Å². The lowest BCUT2D eigenvalue weighted by atomic mass is 10.1. The third kappa shape index (κ3) is 3.21. The zero-order valence-corrected chi connectivity index (χ0v) is 7.51. The van der Waals surface area contributed by atoms with Crippen molar-refractivity contribution < 1.29 is 5.11 Å². The van der Waals surface area contributed by atoms with Crippen LogP contribution in [0.5, 0.6) is 0 Å². The van der Waals surface area contributed by atoms with Crippen molar-refractivity contribution in [3.8, 4) is 0 Å². The Morgan fingerprint density at radius 3 is 2.73 bits per heavy atom. The molecule has 1 aliphatic carbocycles. The van der Waals surface area contributed by atoms with Crippen molar-refractivity contribution in [2.24, 2.45) is 5.92 Å². The molecule has 2 nitrogen and oxygen atoms in total. The summed E-state index contributed by atoms with van der Waals surface area (Å²) >= 11 is 0. The minimum absolute atomic E-state index is 0.203. The molecule has 0 bridgehead atoms. The maximum absolute atomic E-state index is 9.02. The first-order valence-corrected chi connectivity index (χ1v) is 4.60. The second kappa shape index (κ2) is 4.07. The monoisotopic (exact) mass is 157 g/mol. The smallest absolute Gasteiger partial charge is 0.0636 e. The lowest BCUT2D eigenvalue weighted by Crippen LogP contribution is -2.32. The number of aliphatic hydroxyl groups excluding tert-OH is 1. The van der Waals surface area contributed by atoms with Crippen LogP contribution in [0.4, 0.5) is 0 Å². The zero-order chi connectivity index (χ0) is 8.27. The Morgan fingerprint density at radius 1 is 1.55 bits per heavy atom. The number of nitrogens with one attached hydrogen (secondary N) is 1. The Hall–Kier alpha value is -0.0800. The minimum Gasteiger partial charge on any atom is -0.392 e. The van der Waals surface area contributed by atoms with Gasteiger partial charge in [0.1, 0.15) is 0 Å². The molecule has 0 radical (unpaired) electrons. The maximum Gasteiger partial charge on any atom is 0.0636 e. The van der Waals surface area contributed by atoms with Crippen LogP contribution in [0, 0.1) is 5.92 Å². The molecule has 1 aliphatic rings. The van der Waals surface area contributed by atoms with E-state index in [4.69, 9.17) is 5.11 Å². The predicted octanol–water partition coefficient (Wildman–Crippen LogP) is 1.15. The van der Waals surface area contributed by atoms with Gasteiger partial charge in [-0.3, -0.25) is 0 Å². The molecular formula is C9H19NO. The average Bonchev–Trinajstić information content (AvgIpc) is 2.31. The topological polar surface area (TPSA) is 32.3 Å². The molecule has 0 aromatic rings. The molecule has 11 heavy (non-hydrogen) atoms. The van der Waals surface area contributed by atoms with Gasteiger partial charge in [-0.1, -0.05) is 6.92 Å². The van der Waals surface area contributed by atoms with Crippen LogP contribution in [0.15, 0.2) is 0 Å². The maximum atomic E-state index is 9.02. The molecule has 1 saturated carbocycles. The van der Waals surface area contributed by atoms with E-state index in [1.165, 1.54) is 19.3 Å². The molecule has 2 N–H and O–H groups in total. The number of hydrogen-bond acceptors (Lipinski definition) is 2. The molecule has 0 aromatic carbocycles. The van der Waals surface area contributed by atoms with E-state index in [0.29, 0.717) is 6.04 Å². The van der Waals surface area contributed by atoms with E-state index < -0.39 is 0 Å². The minimum atomic E-state index is -0.203. The standard InChI is InChI=1S/C9H19NO/c1-7-3-4-9(5-7)10-6-8(2)11/h7-11H,3-6H2,1-2H3/t7-,8-,9+/m0/s1. The summed E-state index contributed by atoms with van der Waals surface area (Å²) in [5.74, 6) is 0.876. The molecule has 0 spiro atoms. The van der Waals surface area contributed by atoms with E-state index in [-0.39, 0.29) is 6.10 Å². The van der Waals surface area contributed by atoms with Crippen LogP contribution in [-0.2, 0) is 0 Å². The van der Waals surface area contributed by atoms with E-state index >= 15 is 0 Å². The van der Waals surface area contributed by atoms with Crippen molar-refractivity contribution in [2.45, 2.75) is 45.3 Å². The average molecular weight is 157 g/mol. The number of rotatable bonds is 3. The van der Waals surface area contributed by atoms with E-state index in [9.17, 15) is 0 Å². The molecule has 1 fully saturated rings. The molecule has 1 rings (SSSR count). The molecule has 3 atom stereocenters. The number of aliphatic hydroxyl groups is 1. The summed E-state index contributed by atoms with van der Waals surface area (Å²) in [6, 6.07) is 0.666. The summed E-state index contributed by atoms with van der Waals surface area (Å²) in [7, 11) is 0. The number of hydrogen-bond donors (Lipinski definition) is 2. The highest BCUT2D eigenvalue weighted by molar-refractivity contribution is 4.78. The van der Waals surface area contributed by atoms with Gasteiger partial charge in [0.25, 0.3) is 0 Å². The summed E-state index contributed by atoms with van der Waals surface area (Å²) in [5, 5.41) is 12.4. The van der Waals surface area contributed by atoms with Gasteiger partial charge in [0.2, 0.25) is 0 Å². The van der Waals surface area contributed by atoms with Gasteiger partial charge < -0.3 is 10.4 Å². The van der Waals surface area contributed by atoms with Crippen LogP contribution < -0.4 is 5.32 Å². The summed E-state index contributed by atoms with van der Waals surface area (Å²) in [6.07, 6.45) is 3.71. The van der Waals surface area contributed by atoms with Gasteiger partial charge in [0.05, 0.1) is 6.10 Å². The van der Waals surface area contributed by atoms with Gasteiger partial charge in [0.15, 0.2) is 0 Å². The summed E-state index contributed by atoms with van der Waals surface area (Å²) in [5.41, 5.74) is 0. The van der Waals surface area contributed by atoms with Crippen LogP contribution >= 0.6 is 0 Å². The van der Waals surface area contributed by atoms with Crippen molar-refractivity contribution >= 4 is 0 Å². The van der Waals surface area contributed by atoms with Crippen LogP contribution in [0.25, 0.3) is 0 Å².